The predicted molar refractivity (Wildman–Crippen MR) is 58.4 cm³/mol. The third-order valence-corrected chi connectivity index (χ3v) is 4.45. The Morgan fingerprint density at radius 3 is 2.93 bits per heavy atom. The molecule has 76 valence electrons. The van der Waals surface area contributed by atoms with E-state index < -0.39 is 0 Å². The van der Waals surface area contributed by atoms with E-state index in [2.05, 4.69) is 0 Å². The highest BCUT2D eigenvalue weighted by Crippen LogP contribution is 2.37. The van der Waals surface area contributed by atoms with Gasteiger partial charge in [0.2, 0.25) is 0 Å². The Morgan fingerprint density at radius 2 is 2.21 bits per heavy atom. The minimum atomic E-state index is 0.282. The molecule has 2 nitrogen and oxygen atoms in total. The molecule has 3 rings (SSSR count). The van der Waals surface area contributed by atoms with Gasteiger partial charge in [-0.3, -0.25) is 0 Å². The maximum atomic E-state index is 6.08. The van der Waals surface area contributed by atoms with Crippen LogP contribution in [0.3, 0.4) is 0 Å². The van der Waals surface area contributed by atoms with Crippen LogP contribution in [0.4, 0.5) is 0 Å². The maximum Gasteiger partial charge on any atom is 0.0934 e. The number of fused-ring (bicyclic) bond motifs is 1. The maximum absolute atomic E-state index is 6.08. The highest BCUT2D eigenvalue weighted by molar-refractivity contribution is 7.11. The van der Waals surface area contributed by atoms with Crippen LogP contribution in [0, 0.1) is 5.92 Å². The van der Waals surface area contributed by atoms with Crippen LogP contribution in [0.5, 0.6) is 0 Å². The number of nitrogens with two attached hydrogens (primary N) is 1. The van der Waals surface area contributed by atoms with Crippen LogP contribution in [0.15, 0.2) is 0 Å². The summed E-state index contributed by atoms with van der Waals surface area (Å²) in [5.41, 5.74) is 7.39. The molecule has 14 heavy (non-hydrogen) atoms. The topological polar surface area (TPSA) is 38.9 Å². The molecule has 1 atom stereocenters. The van der Waals surface area contributed by atoms with Gasteiger partial charge in [0, 0.05) is 17.3 Å². The molecule has 1 saturated carbocycles. The van der Waals surface area contributed by atoms with Crippen molar-refractivity contribution >= 4 is 11.3 Å². The summed E-state index contributed by atoms with van der Waals surface area (Å²) in [5.74, 6) is 0.943. The molecule has 0 amide bonds. The van der Waals surface area contributed by atoms with Crippen LogP contribution in [0.2, 0.25) is 0 Å². The van der Waals surface area contributed by atoms with Crippen molar-refractivity contribution in [2.75, 3.05) is 0 Å². The molecule has 0 aliphatic heterocycles. The molecule has 1 heterocycles. The summed E-state index contributed by atoms with van der Waals surface area (Å²) in [4.78, 5) is 6.10. The first-order valence-corrected chi connectivity index (χ1v) is 6.38. The van der Waals surface area contributed by atoms with Gasteiger partial charge in [0.1, 0.15) is 0 Å². The van der Waals surface area contributed by atoms with Gasteiger partial charge in [-0.25, -0.2) is 4.98 Å². The van der Waals surface area contributed by atoms with Gasteiger partial charge >= 0.3 is 0 Å². The van der Waals surface area contributed by atoms with Crippen LogP contribution in [0.1, 0.15) is 47.3 Å². The van der Waals surface area contributed by atoms with E-state index >= 15 is 0 Å². The lowest BCUT2D eigenvalue weighted by atomic mass is 9.99. The van der Waals surface area contributed by atoms with Crippen molar-refractivity contribution in [1.82, 2.24) is 4.98 Å². The number of hydrogen-bond acceptors (Lipinski definition) is 3. The Balaban J connectivity index is 1.85. The fourth-order valence-corrected chi connectivity index (χ4v) is 3.42. The van der Waals surface area contributed by atoms with E-state index in [-0.39, 0.29) is 6.04 Å². The van der Waals surface area contributed by atoms with E-state index in [0.29, 0.717) is 0 Å². The van der Waals surface area contributed by atoms with Gasteiger partial charge in [-0.05, 0) is 38.0 Å². The molecule has 1 aromatic heterocycles. The van der Waals surface area contributed by atoms with Crippen LogP contribution in [-0.2, 0) is 12.8 Å². The predicted octanol–water partition coefficient (Wildman–Crippen LogP) is 2.43. The third kappa shape index (κ3) is 1.59. The van der Waals surface area contributed by atoms with Gasteiger partial charge < -0.3 is 5.73 Å². The van der Waals surface area contributed by atoms with Gasteiger partial charge in [0.25, 0.3) is 0 Å². The fourth-order valence-electron chi connectivity index (χ4n) is 2.16. The number of thiazole rings is 1. The Morgan fingerprint density at radius 1 is 1.36 bits per heavy atom. The quantitative estimate of drug-likeness (QED) is 0.810. The summed E-state index contributed by atoms with van der Waals surface area (Å²) in [6, 6.07) is 0.282. The van der Waals surface area contributed by atoms with Crippen LogP contribution in [-0.4, -0.2) is 4.98 Å². The molecular formula is C11H16N2S. The summed E-state index contributed by atoms with van der Waals surface area (Å²) in [5, 5.41) is 1.34. The first kappa shape index (κ1) is 8.86. The summed E-state index contributed by atoms with van der Waals surface area (Å²) >= 11 is 1.88. The molecule has 0 spiro atoms. The van der Waals surface area contributed by atoms with Gasteiger partial charge in [-0.15, -0.1) is 11.3 Å². The lowest BCUT2D eigenvalue weighted by Crippen LogP contribution is -2.15. The number of nitrogens with zero attached hydrogens (tertiary/aromatic N) is 1. The average molecular weight is 208 g/mol. The number of aromatic nitrogens is 1. The van der Waals surface area contributed by atoms with Crippen molar-refractivity contribution in [1.29, 1.82) is 0 Å². The second-order valence-corrected chi connectivity index (χ2v) is 5.68. The van der Waals surface area contributed by atoms with Crippen molar-refractivity contribution in [2.24, 2.45) is 11.7 Å². The van der Waals surface area contributed by atoms with E-state index in [4.69, 9.17) is 10.7 Å². The monoisotopic (exact) mass is 208 g/mol. The van der Waals surface area contributed by atoms with Crippen LogP contribution < -0.4 is 5.73 Å². The number of aryl methyl sites for hydroxylation is 1. The molecular weight excluding hydrogens is 192 g/mol. The molecule has 1 fully saturated rings. The van der Waals surface area contributed by atoms with Gasteiger partial charge in [-0.1, -0.05) is 0 Å². The molecule has 1 unspecified atom stereocenters. The molecule has 2 N–H and O–H groups in total. The second kappa shape index (κ2) is 3.31. The third-order valence-electron chi connectivity index (χ3n) is 3.20. The molecule has 0 bridgehead atoms. The zero-order valence-electron chi connectivity index (χ0n) is 8.33. The molecule has 0 aromatic carbocycles. The van der Waals surface area contributed by atoms with Gasteiger partial charge in [-0.2, -0.15) is 0 Å². The number of rotatable bonds is 2. The number of hydrogen-bond donors (Lipinski definition) is 1. The highest BCUT2D eigenvalue weighted by atomic mass is 32.1. The Kier molecular flexibility index (Phi) is 2.10. The standard InChI is InChI=1S/C11H16N2S/c12-8-2-1-3-9-11(8)14-10(13-9)6-7-4-5-7/h7-8H,1-6,12H2. The zero-order valence-corrected chi connectivity index (χ0v) is 9.15. The molecule has 2 aliphatic carbocycles. The largest absolute Gasteiger partial charge is 0.323 e. The summed E-state index contributed by atoms with van der Waals surface area (Å²) in [6.45, 7) is 0. The smallest absolute Gasteiger partial charge is 0.0934 e. The van der Waals surface area contributed by atoms with Crippen molar-refractivity contribution in [3.8, 4) is 0 Å². The minimum absolute atomic E-state index is 0.282. The second-order valence-electron chi connectivity index (χ2n) is 4.56. The van der Waals surface area contributed by atoms with Crippen molar-refractivity contribution in [3.63, 3.8) is 0 Å². The first-order valence-electron chi connectivity index (χ1n) is 5.57. The highest BCUT2D eigenvalue weighted by Gasteiger charge is 2.26. The molecule has 0 radical (unpaired) electrons. The van der Waals surface area contributed by atoms with Crippen molar-refractivity contribution in [3.05, 3.63) is 15.6 Å². The van der Waals surface area contributed by atoms with E-state index in [0.717, 1.165) is 18.8 Å². The summed E-state index contributed by atoms with van der Waals surface area (Å²) in [7, 11) is 0. The minimum Gasteiger partial charge on any atom is -0.323 e. The SMILES string of the molecule is NC1CCCc2nc(CC3CC3)sc21. The Hall–Kier alpha value is -0.410. The van der Waals surface area contributed by atoms with Gasteiger partial charge in [0.15, 0.2) is 0 Å². The molecule has 2 aliphatic rings. The summed E-state index contributed by atoms with van der Waals surface area (Å²) in [6.07, 6.45) is 7.57. The van der Waals surface area contributed by atoms with E-state index in [1.54, 1.807) is 0 Å². The summed E-state index contributed by atoms with van der Waals surface area (Å²) < 4.78 is 0. The van der Waals surface area contributed by atoms with Crippen molar-refractivity contribution < 1.29 is 0 Å². The molecule has 1 aromatic rings. The Labute approximate surface area is 88.5 Å². The van der Waals surface area contributed by atoms with Gasteiger partial charge in [0.05, 0.1) is 10.7 Å². The van der Waals surface area contributed by atoms with Crippen molar-refractivity contribution in [2.45, 2.75) is 44.6 Å². The van der Waals surface area contributed by atoms with E-state index in [9.17, 15) is 0 Å². The van der Waals surface area contributed by atoms with E-state index in [1.165, 1.54) is 41.3 Å². The van der Waals surface area contributed by atoms with Crippen LogP contribution >= 0.6 is 11.3 Å². The average Bonchev–Trinajstić information content (AvgIpc) is 2.84. The zero-order chi connectivity index (χ0) is 9.54. The fraction of sp³-hybridized carbons (Fsp3) is 0.727. The lowest BCUT2D eigenvalue weighted by Gasteiger charge is -2.15. The normalized spacial score (nSPS) is 26.2. The molecule has 0 saturated heterocycles. The lowest BCUT2D eigenvalue weighted by molar-refractivity contribution is 0.572. The first-order chi connectivity index (χ1) is 6.83. The Bertz CT molecular complexity index is 341. The molecule has 3 heteroatoms. The van der Waals surface area contributed by atoms with E-state index in [1.807, 2.05) is 11.3 Å². The van der Waals surface area contributed by atoms with Crippen LogP contribution in [0.25, 0.3) is 0 Å².